The van der Waals surface area contributed by atoms with Crippen molar-refractivity contribution < 1.29 is 22.7 Å². The van der Waals surface area contributed by atoms with Crippen molar-refractivity contribution in [3.63, 3.8) is 0 Å². The van der Waals surface area contributed by atoms with Crippen molar-refractivity contribution in [3.05, 3.63) is 58.0 Å². The fourth-order valence-corrected chi connectivity index (χ4v) is 6.32. The molecule has 1 fully saturated rings. The maximum absolute atomic E-state index is 13.1. The van der Waals surface area contributed by atoms with Gasteiger partial charge in [0, 0.05) is 30.8 Å². The van der Waals surface area contributed by atoms with Crippen LogP contribution in [0.1, 0.15) is 39.1 Å². The highest BCUT2D eigenvalue weighted by atomic mass is 32.2. The molecule has 0 aliphatic carbocycles. The van der Waals surface area contributed by atoms with Crippen molar-refractivity contribution in [1.29, 1.82) is 5.26 Å². The predicted octanol–water partition coefficient (Wildman–Crippen LogP) is 2.96. The van der Waals surface area contributed by atoms with Crippen molar-refractivity contribution in [2.75, 3.05) is 25.2 Å². The molecule has 1 N–H and O–H groups in total. The molecule has 1 saturated heterocycles. The van der Waals surface area contributed by atoms with Gasteiger partial charge in [-0.05, 0) is 43.2 Å². The molecule has 0 unspecified atom stereocenters. The molecule has 2 aliphatic rings. The lowest BCUT2D eigenvalue weighted by Crippen LogP contribution is -2.39. The number of hydrogen-bond donors (Lipinski definition) is 1. The summed E-state index contributed by atoms with van der Waals surface area (Å²) in [6, 6.07) is 13.1. The number of benzene rings is 2. The number of rotatable bonds is 5. The quantitative estimate of drug-likeness (QED) is 0.569. The Kier molecular flexibility index (Phi) is 5.91. The van der Waals surface area contributed by atoms with Gasteiger partial charge in [-0.25, -0.2) is 8.42 Å². The van der Waals surface area contributed by atoms with E-state index in [1.807, 2.05) is 6.07 Å². The first-order chi connectivity index (χ1) is 16.4. The number of anilines is 1. The van der Waals surface area contributed by atoms with Crippen molar-refractivity contribution in [1.82, 2.24) is 14.5 Å². The van der Waals surface area contributed by atoms with Crippen LogP contribution in [-0.4, -0.2) is 48.7 Å². The van der Waals surface area contributed by atoms with E-state index in [0.717, 1.165) is 17.8 Å². The standard InChI is InChI=1S/C22H19N5O5S2/c23-11-14-3-1-5-17(9-14)34(29,30)27-8-2-4-15(12-27)21-25-26-22(33-21)20(28)24-16-6-7-18-19(10-16)32-13-31-18/h1,3,5-7,9-10,15H,2,4,8,12-13H2,(H,24,28)/t15-/m0/s1. The molecular formula is C22H19N5O5S2. The number of carbonyl (C=O) groups is 1. The third-order valence-electron chi connectivity index (χ3n) is 5.60. The summed E-state index contributed by atoms with van der Waals surface area (Å²) < 4.78 is 38.3. The van der Waals surface area contributed by atoms with E-state index < -0.39 is 15.9 Å². The van der Waals surface area contributed by atoms with E-state index in [4.69, 9.17) is 14.7 Å². The summed E-state index contributed by atoms with van der Waals surface area (Å²) in [7, 11) is -3.75. The third-order valence-corrected chi connectivity index (χ3v) is 8.55. The Morgan fingerprint density at radius 3 is 2.88 bits per heavy atom. The Morgan fingerprint density at radius 1 is 1.18 bits per heavy atom. The largest absolute Gasteiger partial charge is 0.454 e. The molecule has 1 amide bonds. The van der Waals surface area contributed by atoms with Crippen molar-refractivity contribution in [2.24, 2.45) is 0 Å². The number of nitrogens with one attached hydrogen (secondary N) is 1. The van der Waals surface area contributed by atoms with Gasteiger partial charge in [-0.3, -0.25) is 4.79 Å². The molecular weight excluding hydrogens is 478 g/mol. The highest BCUT2D eigenvalue weighted by molar-refractivity contribution is 7.89. The maximum Gasteiger partial charge on any atom is 0.286 e. The van der Waals surface area contributed by atoms with Crippen molar-refractivity contribution in [3.8, 4) is 17.6 Å². The van der Waals surface area contributed by atoms with Gasteiger partial charge >= 0.3 is 0 Å². The van der Waals surface area contributed by atoms with Crippen LogP contribution in [0.25, 0.3) is 0 Å². The number of piperidine rings is 1. The second-order valence-electron chi connectivity index (χ2n) is 7.81. The molecule has 12 heteroatoms. The van der Waals surface area contributed by atoms with Crippen molar-refractivity contribution in [2.45, 2.75) is 23.7 Å². The number of carbonyl (C=O) groups excluding carboxylic acids is 1. The molecule has 0 radical (unpaired) electrons. The van der Waals surface area contributed by atoms with Gasteiger partial charge in [-0.2, -0.15) is 9.57 Å². The van der Waals surface area contributed by atoms with Crippen LogP contribution >= 0.6 is 11.3 Å². The zero-order chi connectivity index (χ0) is 23.7. The number of fused-ring (bicyclic) bond motifs is 1. The van der Waals surface area contributed by atoms with E-state index >= 15 is 0 Å². The fraction of sp³-hybridized carbons (Fsp3) is 0.273. The number of nitrogens with zero attached hydrogens (tertiary/aromatic N) is 4. The molecule has 2 aromatic carbocycles. The topological polar surface area (TPSA) is 135 Å². The van der Waals surface area contributed by atoms with Gasteiger partial charge in [0.2, 0.25) is 21.8 Å². The SMILES string of the molecule is N#Cc1cccc(S(=O)(=O)N2CCC[C@H](c3nnc(C(=O)Nc4ccc5c(c4)OCO5)s3)C2)c1. The molecule has 3 heterocycles. The van der Waals surface area contributed by atoms with Crippen LogP contribution in [0.4, 0.5) is 5.69 Å². The lowest BCUT2D eigenvalue weighted by Gasteiger charge is -2.30. The first-order valence-electron chi connectivity index (χ1n) is 10.5. The highest BCUT2D eigenvalue weighted by Gasteiger charge is 2.33. The van der Waals surface area contributed by atoms with Crippen LogP contribution in [-0.2, 0) is 10.0 Å². The molecule has 1 aromatic heterocycles. The second-order valence-corrected chi connectivity index (χ2v) is 10.8. The van der Waals surface area contributed by atoms with Gasteiger partial charge in [0.15, 0.2) is 11.5 Å². The first kappa shape index (κ1) is 22.3. The predicted molar refractivity (Wildman–Crippen MR) is 122 cm³/mol. The van der Waals surface area contributed by atoms with Gasteiger partial charge in [0.25, 0.3) is 5.91 Å². The Labute approximate surface area is 199 Å². The van der Waals surface area contributed by atoms with Crippen LogP contribution in [0.5, 0.6) is 11.5 Å². The fourth-order valence-electron chi connectivity index (χ4n) is 3.89. The Balaban J connectivity index is 1.29. The van der Waals surface area contributed by atoms with Gasteiger partial charge < -0.3 is 14.8 Å². The summed E-state index contributed by atoms with van der Waals surface area (Å²) >= 11 is 1.15. The number of ether oxygens (including phenoxy) is 2. The summed E-state index contributed by atoms with van der Waals surface area (Å²) in [6.45, 7) is 0.758. The molecule has 0 spiro atoms. The summed E-state index contributed by atoms with van der Waals surface area (Å²) in [6.07, 6.45) is 1.39. The monoisotopic (exact) mass is 497 g/mol. The first-order valence-corrected chi connectivity index (χ1v) is 12.7. The van der Waals surface area contributed by atoms with Crippen LogP contribution in [0.3, 0.4) is 0 Å². The molecule has 1 atom stereocenters. The number of amides is 1. The van der Waals surface area contributed by atoms with Crippen molar-refractivity contribution >= 4 is 33.0 Å². The molecule has 3 aromatic rings. The lowest BCUT2D eigenvalue weighted by molar-refractivity contribution is 0.102. The summed E-state index contributed by atoms with van der Waals surface area (Å²) in [5, 5.41) is 20.9. The van der Waals surface area contributed by atoms with E-state index in [-0.39, 0.29) is 34.7 Å². The second kappa shape index (κ2) is 9.02. The van der Waals surface area contributed by atoms with Crippen LogP contribution in [0.15, 0.2) is 47.4 Å². The third kappa shape index (κ3) is 4.33. The number of sulfonamides is 1. The average molecular weight is 498 g/mol. The number of nitriles is 1. The molecule has 174 valence electrons. The van der Waals surface area contributed by atoms with E-state index in [9.17, 15) is 13.2 Å². The normalized spacial score (nSPS) is 17.8. The number of hydrogen-bond acceptors (Lipinski definition) is 9. The van der Waals surface area contributed by atoms with Gasteiger partial charge in [0.1, 0.15) is 5.01 Å². The van der Waals surface area contributed by atoms with Gasteiger partial charge in [-0.1, -0.05) is 17.4 Å². The Hall–Kier alpha value is -3.53. The van der Waals surface area contributed by atoms with E-state index in [2.05, 4.69) is 15.5 Å². The maximum atomic E-state index is 13.1. The van der Waals surface area contributed by atoms with Crippen LogP contribution < -0.4 is 14.8 Å². The lowest BCUT2D eigenvalue weighted by atomic mass is 10.0. The minimum atomic E-state index is -3.75. The average Bonchev–Trinajstić information content (AvgIpc) is 3.54. The Morgan fingerprint density at radius 2 is 2.03 bits per heavy atom. The summed E-state index contributed by atoms with van der Waals surface area (Å²) in [5.74, 6) is 0.593. The van der Waals surface area contributed by atoms with Crippen LogP contribution in [0, 0.1) is 11.3 Å². The Bertz CT molecular complexity index is 1400. The zero-order valence-electron chi connectivity index (χ0n) is 17.8. The van der Waals surface area contributed by atoms with E-state index in [1.54, 1.807) is 30.3 Å². The summed E-state index contributed by atoms with van der Waals surface area (Å²) in [4.78, 5) is 12.8. The molecule has 34 heavy (non-hydrogen) atoms. The summed E-state index contributed by atoms with van der Waals surface area (Å²) in [5.41, 5.74) is 0.831. The van der Waals surface area contributed by atoms with E-state index in [1.165, 1.54) is 16.4 Å². The highest BCUT2D eigenvalue weighted by Crippen LogP contribution is 2.35. The van der Waals surface area contributed by atoms with Gasteiger partial charge in [-0.15, -0.1) is 10.2 Å². The molecule has 5 rings (SSSR count). The molecule has 0 saturated carbocycles. The smallest absolute Gasteiger partial charge is 0.286 e. The molecule has 10 nitrogen and oxygen atoms in total. The van der Waals surface area contributed by atoms with Gasteiger partial charge in [0.05, 0.1) is 16.5 Å². The zero-order valence-corrected chi connectivity index (χ0v) is 19.4. The molecule has 2 aliphatic heterocycles. The minimum Gasteiger partial charge on any atom is -0.454 e. The van der Waals surface area contributed by atoms with Crippen LogP contribution in [0.2, 0.25) is 0 Å². The number of aromatic nitrogens is 2. The van der Waals surface area contributed by atoms with E-state index in [0.29, 0.717) is 35.2 Å². The minimum absolute atomic E-state index is 0.0910. The molecule has 0 bridgehead atoms.